The maximum absolute atomic E-state index is 12.8. The summed E-state index contributed by atoms with van der Waals surface area (Å²) in [7, 11) is 0. The average Bonchev–Trinajstić information content (AvgIpc) is 3.37. The Morgan fingerprint density at radius 1 is 1.25 bits per heavy atom. The number of carbonyl (C=O) groups is 1. The van der Waals surface area contributed by atoms with Crippen LogP contribution in [0.3, 0.4) is 0 Å². The van der Waals surface area contributed by atoms with E-state index in [9.17, 15) is 4.79 Å². The standard InChI is InChI=1S/C16H16N6OS/c23-16(13-11-24-15(20-13)14-17-5-2-6-18-14)22-9-1-4-12(22)10-21-8-3-7-19-21/h2-3,5-8,11-12H,1,4,9-10H2/t12-/m1/s1. The number of carbonyl (C=O) groups excluding carboxylic acids is 1. The summed E-state index contributed by atoms with van der Waals surface area (Å²) in [6.45, 7) is 1.48. The van der Waals surface area contributed by atoms with E-state index >= 15 is 0 Å². The van der Waals surface area contributed by atoms with Gasteiger partial charge in [-0.1, -0.05) is 0 Å². The summed E-state index contributed by atoms with van der Waals surface area (Å²) in [6, 6.07) is 3.82. The quantitative estimate of drug-likeness (QED) is 0.727. The Balaban J connectivity index is 1.52. The highest BCUT2D eigenvalue weighted by atomic mass is 32.1. The van der Waals surface area contributed by atoms with Crippen LogP contribution in [0.1, 0.15) is 23.3 Å². The number of aromatic nitrogens is 5. The molecule has 1 atom stereocenters. The molecule has 4 heterocycles. The van der Waals surface area contributed by atoms with Gasteiger partial charge >= 0.3 is 0 Å². The minimum Gasteiger partial charge on any atom is -0.332 e. The van der Waals surface area contributed by atoms with Crippen LogP contribution in [-0.2, 0) is 6.54 Å². The SMILES string of the molecule is O=C(c1csc(-c2ncccn2)n1)N1CCC[C@@H]1Cn1cccn1. The molecule has 1 fully saturated rings. The first kappa shape index (κ1) is 14.9. The third-order valence-electron chi connectivity index (χ3n) is 4.08. The summed E-state index contributed by atoms with van der Waals surface area (Å²) in [6.07, 6.45) is 9.03. The van der Waals surface area contributed by atoms with E-state index in [0.717, 1.165) is 25.9 Å². The molecular formula is C16H16N6OS. The molecule has 1 aliphatic rings. The molecule has 3 aromatic rings. The van der Waals surface area contributed by atoms with Gasteiger partial charge in [0.15, 0.2) is 10.8 Å². The van der Waals surface area contributed by atoms with Crippen LogP contribution in [0.4, 0.5) is 0 Å². The molecule has 24 heavy (non-hydrogen) atoms. The van der Waals surface area contributed by atoms with Gasteiger partial charge in [0.05, 0.1) is 12.6 Å². The predicted octanol–water partition coefficient (Wildman–Crippen LogP) is 2.10. The molecule has 0 N–H and O–H groups in total. The summed E-state index contributed by atoms with van der Waals surface area (Å²) >= 11 is 1.40. The highest BCUT2D eigenvalue weighted by Crippen LogP contribution is 2.24. The number of hydrogen-bond acceptors (Lipinski definition) is 6. The fourth-order valence-corrected chi connectivity index (χ4v) is 3.69. The van der Waals surface area contributed by atoms with Crippen molar-refractivity contribution in [2.75, 3.05) is 6.54 Å². The van der Waals surface area contributed by atoms with Crippen molar-refractivity contribution >= 4 is 17.2 Å². The molecule has 0 spiro atoms. The average molecular weight is 340 g/mol. The Kier molecular flexibility index (Phi) is 4.04. The van der Waals surface area contributed by atoms with E-state index in [2.05, 4.69) is 20.1 Å². The Bertz CT molecular complexity index is 816. The largest absolute Gasteiger partial charge is 0.332 e. The fraction of sp³-hybridized carbons (Fsp3) is 0.312. The maximum Gasteiger partial charge on any atom is 0.273 e. The van der Waals surface area contributed by atoms with E-state index in [0.29, 0.717) is 16.5 Å². The zero-order chi connectivity index (χ0) is 16.4. The van der Waals surface area contributed by atoms with Gasteiger partial charge in [0.25, 0.3) is 5.91 Å². The lowest BCUT2D eigenvalue weighted by molar-refractivity contribution is 0.0716. The summed E-state index contributed by atoms with van der Waals surface area (Å²) in [5.41, 5.74) is 0.467. The van der Waals surface area contributed by atoms with Crippen molar-refractivity contribution in [1.82, 2.24) is 29.6 Å². The molecule has 0 aliphatic carbocycles. The van der Waals surface area contributed by atoms with Gasteiger partial charge in [-0.15, -0.1) is 11.3 Å². The van der Waals surface area contributed by atoms with E-state index in [1.807, 2.05) is 21.8 Å². The Hall–Kier alpha value is -2.61. The van der Waals surface area contributed by atoms with Crippen molar-refractivity contribution in [2.24, 2.45) is 0 Å². The molecule has 8 heteroatoms. The first-order chi connectivity index (χ1) is 11.8. The van der Waals surface area contributed by atoms with Gasteiger partial charge in [-0.2, -0.15) is 5.10 Å². The molecular weight excluding hydrogens is 324 g/mol. The van der Waals surface area contributed by atoms with Crippen LogP contribution >= 0.6 is 11.3 Å². The lowest BCUT2D eigenvalue weighted by Crippen LogP contribution is -2.38. The van der Waals surface area contributed by atoms with E-state index in [4.69, 9.17) is 0 Å². The topological polar surface area (TPSA) is 76.8 Å². The van der Waals surface area contributed by atoms with Crippen molar-refractivity contribution in [3.63, 3.8) is 0 Å². The first-order valence-corrected chi connectivity index (χ1v) is 8.70. The van der Waals surface area contributed by atoms with Crippen LogP contribution in [-0.4, -0.2) is 48.1 Å². The van der Waals surface area contributed by atoms with Gasteiger partial charge in [-0.05, 0) is 25.0 Å². The van der Waals surface area contributed by atoms with Crippen LogP contribution < -0.4 is 0 Å². The monoisotopic (exact) mass is 340 g/mol. The molecule has 0 radical (unpaired) electrons. The van der Waals surface area contributed by atoms with Crippen molar-refractivity contribution in [2.45, 2.75) is 25.4 Å². The lowest BCUT2D eigenvalue weighted by Gasteiger charge is -2.23. The summed E-state index contributed by atoms with van der Waals surface area (Å²) < 4.78 is 1.88. The van der Waals surface area contributed by atoms with Crippen LogP contribution in [0.25, 0.3) is 10.8 Å². The second kappa shape index (κ2) is 6.48. The van der Waals surface area contributed by atoms with Crippen LogP contribution in [0.5, 0.6) is 0 Å². The molecule has 122 valence electrons. The van der Waals surface area contributed by atoms with E-state index in [1.165, 1.54) is 11.3 Å². The predicted molar refractivity (Wildman–Crippen MR) is 89.4 cm³/mol. The highest BCUT2D eigenvalue weighted by Gasteiger charge is 2.31. The van der Waals surface area contributed by atoms with E-state index in [-0.39, 0.29) is 11.9 Å². The van der Waals surface area contributed by atoms with Crippen LogP contribution in [0.2, 0.25) is 0 Å². The maximum atomic E-state index is 12.8. The van der Waals surface area contributed by atoms with Gasteiger partial charge in [0, 0.05) is 36.7 Å². The molecule has 4 rings (SSSR count). The Labute approximate surface area is 143 Å². The second-order valence-corrected chi connectivity index (χ2v) is 6.49. The number of nitrogens with zero attached hydrogens (tertiary/aromatic N) is 6. The summed E-state index contributed by atoms with van der Waals surface area (Å²) in [5, 5.41) is 6.70. The van der Waals surface area contributed by atoms with Crippen molar-refractivity contribution in [3.05, 3.63) is 48.0 Å². The zero-order valence-corrected chi connectivity index (χ0v) is 13.8. The van der Waals surface area contributed by atoms with Gasteiger partial charge in [-0.25, -0.2) is 15.0 Å². The number of rotatable bonds is 4. The molecule has 0 unspecified atom stereocenters. The number of likely N-dealkylation sites (tertiary alicyclic amines) is 1. The number of thiazole rings is 1. The van der Waals surface area contributed by atoms with Gasteiger partial charge < -0.3 is 4.90 Å². The fourth-order valence-electron chi connectivity index (χ4n) is 2.95. The Morgan fingerprint density at radius 2 is 2.12 bits per heavy atom. The minimum absolute atomic E-state index is 0.0249. The molecule has 1 saturated heterocycles. The first-order valence-electron chi connectivity index (χ1n) is 7.82. The van der Waals surface area contributed by atoms with Gasteiger partial charge in [-0.3, -0.25) is 9.48 Å². The third-order valence-corrected chi connectivity index (χ3v) is 4.91. The van der Waals surface area contributed by atoms with E-state index in [1.54, 1.807) is 30.0 Å². The molecule has 1 amide bonds. The molecule has 0 saturated carbocycles. The highest BCUT2D eigenvalue weighted by molar-refractivity contribution is 7.13. The lowest BCUT2D eigenvalue weighted by atomic mass is 10.2. The second-order valence-electron chi connectivity index (χ2n) is 5.63. The minimum atomic E-state index is -0.0249. The zero-order valence-electron chi connectivity index (χ0n) is 12.9. The molecule has 1 aliphatic heterocycles. The third kappa shape index (κ3) is 2.92. The number of hydrogen-bond donors (Lipinski definition) is 0. The van der Waals surface area contributed by atoms with Crippen molar-refractivity contribution < 1.29 is 4.79 Å². The van der Waals surface area contributed by atoms with Crippen LogP contribution in [0, 0.1) is 0 Å². The van der Waals surface area contributed by atoms with Crippen molar-refractivity contribution in [3.8, 4) is 10.8 Å². The van der Waals surface area contributed by atoms with E-state index < -0.39 is 0 Å². The number of amides is 1. The van der Waals surface area contributed by atoms with Gasteiger partial charge in [0.1, 0.15) is 5.69 Å². The molecule has 0 aromatic carbocycles. The summed E-state index contributed by atoms with van der Waals surface area (Å²) in [5.74, 6) is 0.527. The normalized spacial score (nSPS) is 17.3. The Morgan fingerprint density at radius 3 is 2.92 bits per heavy atom. The van der Waals surface area contributed by atoms with Crippen LogP contribution in [0.15, 0.2) is 42.3 Å². The summed E-state index contributed by atoms with van der Waals surface area (Å²) in [4.78, 5) is 27.5. The molecule has 0 bridgehead atoms. The van der Waals surface area contributed by atoms with Crippen molar-refractivity contribution in [1.29, 1.82) is 0 Å². The van der Waals surface area contributed by atoms with Gasteiger partial charge in [0.2, 0.25) is 0 Å². The smallest absolute Gasteiger partial charge is 0.273 e. The molecule has 3 aromatic heterocycles. The molecule has 7 nitrogen and oxygen atoms in total.